The van der Waals surface area contributed by atoms with E-state index in [0.717, 1.165) is 17.7 Å². The monoisotopic (exact) mass is 389 g/mol. The average Bonchev–Trinajstić information content (AvgIpc) is 2.69. The van der Waals surface area contributed by atoms with Crippen LogP contribution in [0, 0.1) is 11.6 Å². The fourth-order valence-corrected chi connectivity index (χ4v) is 3.20. The third kappa shape index (κ3) is 5.06. The van der Waals surface area contributed by atoms with E-state index in [9.17, 15) is 18.4 Å². The van der Waals surface area contributed by atoms with E-state index in [0.29, 0.717) is 38.8 Å². The molecule has 1 fully saturated rings. The molecule has 1 aliphatic heterocycles. The summed E-state index contributed by atoms with van der Waals surface area (Å²) in [7, 11) is 0. The summed E-state index contributed by atoms with van der Waals surface area (Å²) in [6.07, 6.45) is 1.82. The molecule has 0 radical (unpaired) electrons. The Bertz CT molecular complexity index is 846. The Morgan fingerprint density at radius 3 is 2.36 bits per heavy atom. The minimum absolute atomic E-state index is 0.0220. The predicted molar refractivity (Wildman–Crippen MR) is 98.3 cm³/mol. The maximum Gasteiger partial charge on any atom is 0.335 e. The van der Waals surface area contributed by atoms with Crippen molar-refractivity contribution in [2.75, 3.05) is 13.1 Å². The van der Waals surface area contributed by atoms with Crippen LogP contribution in [-0.4, -0.2) is 41.1 Å². The summed E-state index contributed by atoms with van der Waals surface area (Å²) in [6.45, 7) is 1.04. The number of ether oxygens (including phenoxy) is 1. The van der Waals surface area contributed by atoms with Crippen LogP contribution in [0.1, 0.15) is 35.2 Å². The Kier molecular flexibility index (Phi) is 6.23. The standard InChI is InChI=1S/C21H21F2NO4/c22-16-6-7-19(18(23)13-16)28-17-9-11-24(12-10-17)20(25)8-3-14-1-4-15(5-2-14)21(26)27/h1-2,4-7,13,17H,3,8-12H2,(H,26,27). The molecule has 0 saturated carbocycles. The predicted octanol–water partition coefficient (Wildman–Crippen LogP) is 3.67. The van der Waals surface area contributed by atoms with Gasteiger partial charge in [-0.1, -0.05) is 12.1 Å². The Hall–Kier alpha value is -2.96. The molecule has 2 aromatic carbocycles. The summed E-state index contributed by atoms with van der Waals surface area (Å²) in [6, 6.07) is 9.70. The van der Waals surface area contributed by atoms with Crippen molar-refractivity contribution < 1.29 is 28.2 Å². The summed E-state index contributed by atoms with van der Waals surface area (Å²) in [5, 5.41) is 8.90. The second-order valence-corrected chi connectivity index (χ2v) is 6.77. The zero-order chi connectivity index (χ0) is 20.1. The van der Waals surface area contributed by atoms with Crippen LogP contribution in [0.15, 0.2) is 42.5 Å². The number of carboxylic acids is 1. The fraction of sp³-hybridized carbons (Fsp3) is 0.333. The fourth-order valence-electron chi connectivity index (χ4n) is 3.20. The van der Waals surface area contributed by atoms with E-state index < -0.39 is 17.6 Å². The van der Waals surface area contributed by atoms with E-state index in [2.05, 4.69) is 0 Å². The number of piperidine rings is 1. The molecule has 3 rings (SSSR count). The molecule has 0 aliphatic carbocycles. The first-order valence-electron chi connectivity index (χ1n) is 9.14. The maximum absolute atomic E-state index is 13.7. The van der Waals surface area contributed by atoms with Crippen molar-refractivity contribution in [3.05, 3.63) is 65.2 Å². The van der Waals surface area contributed by atoms with Gasteiger partial charge in [-0.25, -0.2) is 13.6 Å². The molecule has 1 saturated heterocycles. The lowest BCUT2D eigenvalue weighted by Crippen LogP contribution is -2.41. The first-order chi connectivity index (χ1) is 13.4. The molecular formula is C21H21F2NO4. The molecule has 0 spiro atoms. The van der Waals surface area contributed by atoms with E-state index in [1.165, 1.54) is 18.2 Å². The SMILES string of the molecule is O=C(O)c1ccc(CCC(=O)N2CCC(Oc3ccc(F)cc3F)CC2)cc1. The highest BCUT2D eigenvalue weighted by Crippen LogP contribution is 2.23. The molecule has 5 nitrogen and oxygen atoms in total. The van der Waals surface area contributed by atoms with Crippen molar-refractivity contribution >= 4 is 11.9 Å². The largest absolute Gasteiger partial charge is 0.487 e. The lowest BCUT2D eigenvalue weighted by molar-refractivity contribution is -0.132. The van der Waals surface area contributed by atoms with Gasteiger partial charge >= 0.3 is 5.97 Å². The first-order valence-corrected chi connectivity index (χ1v) is 9.14. The Labute approximate surface area is 161 Å². The molecule has 1 amide bonds. The van der Waals surface area contributed by atoms with Gasteiger partial charge in [0.2, 0.25) is 5.91 Å². The quantitative estimate of drug-likeness (QED) is 0.819. The normalized spacial score (nSPS) is 14.7. The highest BCUT2D eigenvalue weighted by atomic mass is 19.1. The number of carbonyl (C=O) groups is 2. The number of carbonyl (C=O) groups excluding carboxylic acids is 1. The summed E-state index contributed by atoms with van der Waals surface area (Å²) in [5.74, 6) is -2.31. The first kappa shape index (κ1) is 19.8. The zero-order valence-corrected chi connectivity index (χ0v) is 15.2. The molecule has 1 N–H and O–H groups in total. The number of halogens is 2. The van der Waals surface area contributed by atoms with Crippen molar-refractivity contribution in [2.45, 2.75) is 31.8 Å². The molecule has 148 valence electrons. The van der Waals surface area contributed by atoms with Crippen molar-refractivity contribution in [3.63, 3.8) is 0 Å². The van der Waals surface area contributed by atoms with Crippen LogP contribution in [0.25, 0.3) is 0 Å². The number of hydrogen-bond donors (Lipinski definition) is 1. The van der Waals surface area contributed by atoms with E-state index in [1.807, 2.05) is 0 Å². The van der Waals surface area contributed by atoms with E-state index >= 15 is 0 Å². The molecule has 28 heavy (non-hydrogen) atoms. The third-order valence-corrected chi connectivity index (χ3v) is 4.81. The number of rotatable bonds is 6. The van der Waals surface area contributed by atoms with E-state index in [1.54, 1.807) is 17.0 Å². The Morgan fingerprint density at radius 1 is 1.07 bits per heavy atom. The van der Waals surface area contributed by atoms with Gasteiger partial charge in [0.25, 0.3) is 0 Å². The number of carboxylic acid groups (broad SMARTS) is 1. The van der Waals surface area contributed by atoms with Crippen LogP contribution in [0.2, 0.25) is 0 Å². The van der Waals surface area contributed by atoms with Gasteiger partial charge in [0.1, 0.15) is 11.9 Å². The zero-order valence-electron chi connectivity index (χ0n) is 15.2. The number of likely N-dealkylation sites (tertiary alicyclic amines) is 1. The highest BCUT2D eigenvalue weighted by molar-refractivity contribution is 5.87. The number of hydrogen-bond acceptors (Lipinski definition) is 3. The molecule has 0 aromatic heterocycles. The Morgan fingerprint density at radius 2 is 1.75 bits per heavy atom. The van der Waals surface area contributed by atoms with Gasteiger partial charge in [-0.05, 0) is 36.2 Å². The smallest absolute Gasteiger partial charge is 0.335 e. The van der Waals surface area contributed by atoms with Crippen LogP contribution in [0.3, 0.4) is 0 Å². The molecular weight excluding hydrogens is 368 g/mol. The van der Waals surface area contributed by atoms with Gasteiger partial charge in [-0.15, -0.1) is 0 Å². The van der Waals surface area contributed by atoms with Crippen LogP contribution in [-0.2, 0) is 11.2 Å². The van der Waals surface area contributed by atoms with Gasteiger partial charge in [-0.2, -0.15) is 0 Å². The van der Waals surface area contributed by atoms with Gasteiger partial charge in [0, 0.05) is 38.4 Å². The van der Waals surface area contributed by atoms with Gasteiger partial charge in [-0.3, -0.25) is 4.79 Å². The van der Waals surface area contributed by atoms with Gasteiger partial charge < -0.3 is 14.7 Å². The van der Waals surface area contributed by atoms with Crippen LogP contribution in [0.4, 0.5) is 8.78 Å². The molecule has 7 heteroatoms. The molecule has 1 heterocycles. The van der Waals surface area contributed by atoms with E-state index in [4.69, 9.17) is 9.84 Å². The second kappa shape index (κ2) is 8.82. The van der Waals surface area contributed by atoms with Crippen molar-refractivity contribution in [1.82, 2.24) is 4.90 Å². The number of nitrogens with zero attached hydrogens (tertiary/aromatic N) is 1. The maximum atomic E-state index is 13.7. The summed E-state index contributed by atoms with van der Waals surface area (Å²) in [5.41, 5.74) is 1.12. The molecule has 0 bridgehead atoms. The Balaban J connectivity index is 1.45. The summed E-state index contributed by atoms with van der Waals surface area (Å²) < 4.78 is 32.2. The lowest BCUT2D eigenvalue weighted by Gasteiger charge is -2.32. The summed E-state index contributed by atoms with van der Waals surface area (Å²) >= 11 is 0. The summed E-state index contributed by atoms with van der Waals surface area (Å²) in [4.78, 5) is 25.0. The number of benzene rings is 2. The molecule has 1 aliphatic rings. The van der Waals surface area contributed by atoms with Crippen LogP contribution >= 0.6 is 0 Å². The highest BCUT2D eigenvalue weighted by Gasteiger charge is 2.24. The number of amides is 1. The second-order valence-electron chi connectivity index (χ2n) is 6.77. The van der Waals surface area contributed by atoms with Crippen LogP contribution in [0.5, 0.6) is 5.75 Å². The van der Waals surface area contributed by atoms with Crippen molar-refractivity contribution in [3.8, 4) is 5.75 Å². The van der Waals surface area contributed by atoms with Crippen molar-refractivity contribution in [2.24, 2.45) is 0 Å². The topological polar surface area (TPSA) is 66.8 Å². The minimum Gasteiger partial charge on any atom is -0.487 e. The minimum atomic E-state index is -0.978. The van der Waals surface area contributed by atoms with E-state index in [-0.39, 0.29) is 23.3 Å². The molecule has 2 aromatic rings. The van der Waals surface area contributed by atoms with Crippen molar-refractivity contribution in [1.29, 1.82) is 0 Å². The number of aromatic carboxylic acids is 1. The molecule has 0 unspecified atom stereocenters. The number of aryl methyl sites for hydroxylation is 1. The molecule has 0 atom stereocenters. The van der Waals surface area contributed by atoms with Crippen LogP contribution < -0.4 is 4.74 Å². The van der Waals surface area contributed by atoms with Gasteiger partial charge in [0.05, 0.1) is 5.56 Å². The third-order valence-electron chi connectivity index (χ3n) is 4.81. The lowest BCUT2D eigenvalue weighted by atomic mass is 10.0. The van der Waals surface area contributed by atoms with Gasteiger partial charge in [0.15, 0.2) is 11.6 Å². The average molecular weight is 389 g/mol.